The van der Waals surface area contributed by atoms with Gasteiger partial charge >= 0.3 is 0 Å². The molecule has 3 nitrogen and oxygen atoms in total. The number of benzene rings is 3. The van der Waals surface area contributed by atoms with E-state index in [1.165, 1.54) is 11.3 Å². The van der Waals surface area contributed by atoms with E-state index in [-0.39, 0.29) is 5.43 Å². The maximum absolute atomic E-state index is 12.9. The van der Waals surface area contributed by atoms with Crippen LogP contribution in [0.1, 0.15) is 16.7 Å². The number of aromatic nitrogens is 1. The summed E-state index contributed by atoms with van der Waals surface area (Å²) in [6.45, 7) is 2.96. The van der Waals surface area contributed by atoms with Crippen LogP contribution in [0.3, 0.4) is 0 Å². The SMILES string of the molecule is Cc1cn(Cc2ccc(Cl)cc2)c2cc(-c3ccc(OCc4ccccc4)c(Cl)c3)sc2c1=O. The smallest absolute Gasteiger partial charge is 0.202 e. The number of hydrogen-bond donors (Lipinski definition) is 0. The van der Waals surface area contributed by atoms with Gasteiger partial charge in [-0.3, -0.25) is 4.79 Å². The quantitative estimate of drug-likeness (QED) is 0.234. The van der Waals surface area contributed by atoms with E-state index in [4.69, 9.17) is 27.9 Å². The summed E-state index contributed by atoms with van der Waals surface area (Å²) >= 11 is 14.1. The van der Waals surface area contributed by atoms with Gasteiger partial charge in [0.2, 0.25) is 5.43 Å². The van der Waals surface area contributed by atoms with Crippen LogP contribution in [0.2, 0.25) is 10.0 Å². The van der Waals surface area contributed by atoms with Crippen LogP contribution < -0.4 is 10.2 Å². The maximum Gasteiger partial charge on any atom is 0.202 e. The van der Waals surface area contributed by atoms with Crippen LogP contribution >= 0.6 is 34.5 Å². The molecule has 0 atom stereocenters. The zero-order valence-corrected chi connectivity index (χ0v) is 20.8. The highest BCUT2D eigenvalue weighted by atomic mass is 35.5. The molecule has 0 aliphatic carbocycles. The molecular weight excluding hydrogens is 485 g/mol. The molecular formula is C28H21Cl2NO2S. The van der Waals surface area contributed by atoms with Crippen molar-refractivity contribution in [2.75, 3.05) is 0 Å². The number of halogens is 2. The van der Waals surface area contributed by atoms with Crippen molar-refractivity contribution in [2.24, 2.45) is 0 Å². The normalized spacial score (nSPS) is 11.1. The van der Waals surface area contributed by atoms with Crippen LogP contribution in [-0.4, -0.2) is 4.57 Å². The summed E-state index contributed by atoms with van der Waals surface area (Å²) in [5.41, 5.74) is 4.84. The van der Waals surface area contributed by atoms with Gasteiger partial charge in [-0.15, -0.1) is 11.3 Å². The zero-order valence-electron chi connectivity index (χ0n) is 18.4. The summed E-state index contributed by atoms with van der Waals surface area (Å²) in [5, 5.41) is 1.24. The number of hydrogen-bond acceptors (Lipinski definition) is 3. The molecule has 34 heavy (non-hydrogen) atoms. The summed E-state index contributed by atoms with van der Waals surface area (Å²) in [5.74, 6) is 0.633. The fourth-order valence-corrected chi connectivity index (χ4v) is 5.40. The Morgan fingerprint density at radius 1 is 0.912 bits per heavy atom. The molecule has 0 saturated carbocycles. The fraction of sp³-hybridized carbons (Fsp3) is 0.107. The van der Waals surface area contributed by atoms with Crippen LogP contribution in [-0.2, 0) is 13.2 Å². The lowest BCUT2D eigenvalue weighted by Crippen LogP contribution is -2.11. The van der Waals surface area contributed by atoms with Crippen molar-refractivity contribution >= 4 is 44.8 Å². The lowest BCUT2D eigenvalue weighted by molar-refractivity contribution is 0.306. The minimum absolute atomic E-state index is 0.0625. The molecule has 0 aliphatic rings. The van der Waals surface area contributed by atoms with E-state index in [0.29, 0.717) is 28.9 Å². The van der Waals surface area contributed by atoms with Crippen molar-refractivity contribution in [3.63, 3.8) is 0 Å². The monoisotopic (exact) mass is 505 g/mol. The van der Waals surface area contributed by atoms with E-state index in [9.17, 15) is 4.79 Å². The Labute approximate surface area is 211 Å². The largest absolute Gasteiger partial charge is 0.487 e. The van der Waals surface area contributed by atoms with Crippen molar-refractivity contribution < 1.29 is 4.74 Å². The molecule has 6 heteroatoms. The second-order valence-corrected chi connectivity index (χ2v) is 10.0. The van der Waals surface area contributed by atoms with E-state index in [2.05, 4.69) is 10.6 Å². The molecule has 0 N–H and O–H groups in total. The summed E-state index contributed by atoms with van der Waals surface area (Å²) in [4.78, 5) is 13.9. The van der Waals surface area contributed by atoms with Crippen molar-refractivity contribution in [1.82, 2.24) is 4.57 Å². The molecule has 2 heterocycles. The first-order chi connectivity index (χ1) is 16.5. The molecule has 0 radical (unpaired) electrons. The van der Waals surface area contributed by atoms with E-state index >= 15 is 0 Å². The average molecular weight is 506 g/mol. The Morgan fingerprint density at radius 3 is 2.41 bits per heavy atom. The Balaban J connectivity index is 1.46. The van der Waals surface area contributed by atoms with Gasteiger partial charge in [0, 0.05) is 28.2 Å². The van der Waals surface area contributed by atoms with Gasteiger partial charge in [0.1, 0.15) is 12.4 Å². The van der Waals surface area contributed by atoms with Crippen molar-refractivity contribution in [3.8, 4) is 16.2 Å². The summed E-state index contributed by atoms with van der Waals surface area (Å²) in [6.07, 6.45) is 1.92. The molecule has 170 valence electrons. The number of pyridine rings is 1. The maximum atomic E-state index is 12.9. The van der Waals surface area contributed by atoms with Gasteiger partial charge in [-0.25, -0.2) is 0 Å². The lowest BCUT2D eigenvalue weighted by atomic mass is 10.1. The number of fused-ring (bicyclic) bond motifs is 1. The van der Waals surface area contributed by atoms with Gasteiger partial charge in [0.15, 0.2) is 0 Å². The van der Waals surface area contributed by atoms with Gasteiger partial charge < -0.3 is 9.30 Å². The summed E-state index contributed by atoms with van der Waals surface area (Å²) in [6, 6.07) is 25.6. The molecule has 0 amide bonds. The van der Waals surface area contributed by atoms with Gasteiger partial charge in [-0.1, -0.05) is 65.7 Å². The average Bonchev–Trinajstić information content (AvgIpc) is 3.30. The standard InChI is InChI=1S/C28H21Cl2NO2S/c1-18-15-31(16-19-7-10-22(29)11-8-19)24-14-26(34-28(24)27(18)32)21-9-12-25(23(30)13-21)33-17-20-5-3-2-4-6-20/h2-15H,16-17H2,1H3. The second-order valence-electron chi connectivity index (χ2n) is 8.14. The minimum Gasteiger partial charge on any atom is -0.487 e. The number of ether oxygens (including phenoxy) is 1. The molecule has 3 aromatic carbocycles. The van der Waals surface area contributed by atoms with Gasteiger partial charge in [-0.05, 0) is 60.0 Å². The summed E-state index contributed by atoms with van der Waals surface area (Å²) in [7, 11) is 0. The third kappa shape index (κ3) is 4.76. The first-order valence-electron chi connectivity index (χ1n) is 10.8. The van der Waals surface area contributed by atoms with Crippen LogP contribution in [0.25, 0.3) is 20.7 Å². The molecule has 2 aromatic heterocycles. The van der Waals surface area contributed by atoms with Gasteiger partial charge in [0.25, 0.3) is 0 Å². The third-order valence-corrected chi connectivity index (χ3v) is 7.37. The molecule has 0 unspecified atom stereocenters. The second kappa shape index (κ2) is 9.67. The predicted molar refractivity (Wildman–Crippen MR) is 143 cm³/mol. The number of thiophene rings is 1. The van der Waals surface area contributed by atoms with E-state index in [1.807, 2.05) is 85.9 Å². The highest BCUT2D eigenvalue weighted by molar-refractivity contribution is 7.22. The number of nitrogens with zero attached hydrogens (tertiary/aromatic N) is 1. The number of rotatable bonds is 6. The Morgan fingerprint density at radius 2 is 1.68 bits per heavy atom. The van der Waals surface area contributed by atoms with Crippen molar-refractivity contribution in [1.29, 1.82) is 0 Å². The highest BCUT2D eigenvalue weighted by Gasteiger charge is 2.14. The van der Waals surface area contributed by atoms with E-state index < -0.39 is 0 Å². The lowest BCUT2D eigenvalue weighted by Gasteiger charge is -2.10. The van der Waals surface area contributed by atoms with Crippen molar-refractivity contribution in [2.45, 2.75) is 20.1 Å². The Bertz CT molecular complexity index is 1520. The van der Waals surface area contributed by atoms with Crippen molar-refractivity contribution in [3.05, 3.63) is 122 Å². The zero-order chi connectivity index (χ0) is 23.7. The fourth-order valence-electron chi connectivity index (χ4n) is 3.86. The van der Waals surface area contributed by atoms with Crippen LogP contribution in [0, 0.1) is 6.92 Å². The first kappa shape index (κ1) is 22.7. The van der Waals surface area contributed by atoms with Crippen LogP contribution in [0.4, 0.5) is 0 Å². The molecule has 5 aromatic rings. The first-order valence-corrected chi connectivity index (χ1v) is 12.4. The Hall–Kier alpha value is -3.05. The Kier molecular flexibility index (Phi) is 6.46. The molecule has 5 rings (SSSR count). The van der Waals surface area contributed by atoms with E-state index in [0.717, 1.165) is 37.3 Å². The van der Waals surface area contributed by atoms with Crippen LogP contribution in [0.5, 0.6) is 5.75 Å². The predicted octanol–water partition coefficient (Wildman–Crippen LogP) is 7.97. The summed E-state index contributed by atoms with van der Waals surface area (Å²) < 4.78 is 8.77. The van der Waals surface area contributed by atoms with Crippen LogP contribution in [0.15, 0.2) is 89.9 Å². The van der Waals surface area contributed by atoms with Gasteiger partial charge in [0.05, 0.1) is 15.2 Å². The number of aryl methyl sites for hydroxylation is 1. The molecule has 0 spiro atoms. The van der Waals surface area contributed by atoms with E-state index in [1.54, 1.807) is 0 Å². The molecule has 0 saturated heterocycles. The highest BCUT2D eigenvalue weighted by Crippen LogP contribution is 2.36. The molecule has 0 bridgehead atoms. The van der Waals surface area contributed by atoms with Gasteiger partial charge in [-0.2, -0.15) is 0 Å². The topological polar surface area (TPSA) is 31.2 Å². The third-order valence-electron chi connectivity index (χ3n) is 5.66. The molecule has 0 aliphatic heterocycles. The minimum atomic E-state index is 0.0625. The molecule has 0 fully saturated rings.